The fraction of sp³-hybridized carbons (Fsp3) is 0.611. The Morgan fingerprint density at radius 2 is 2.19 bits per heavy atom. The van der Waals surface area contributed by atoms with E-state index in [1.54, 1.807) is 12.0 Å². The van der Waals surface area contributed by atoms with Crippen molar-refractivity contribution in [1.29, 1.82) is 0 Å². The topological polar surface area (TPSA) is 76.2 Å². The number of carbonyl (C=O) groups is 1. The molecule has 7 nitrogen and oxygen atoms in total. The van der Waals surface area contributed by atoms with Crippen molar-refractivity contribution in [1.82, 2.24) is 9.21 Å². The van der Waals surface area contributed by atoms with Crippen LogP contribution in [0.25, 0.3) is 0 Å². The van der Waals surface area contributed by atoms with Gasteiger partial charge in [-0.05, 0) is 30.5 Å². The number of nitrogens with zero attached hydrogens (tertiary/aromatic N) is 2. The van der Waals surface area contributed by atoms with E-state index < -0.39 is 20.9 Å². The molecule has 4 rings (SSSR count). The number of likely N-dealkylation sites (tertiary alicyclic amines) is 1. The van der Waals surface area contributed by atoms with Crippen molar-refractivity contribution >= 4 is 15.9 Å². The number of sulfonamides is 1. The lowest BCUT2D eigenvalue weighted by molar-refractivity contribution is -0.148. The summed E-state index contributed by atoms with van der Waals surface area (Å²) in [5.74, 6) is 0.739. The molecule has 1 aromatic rings. The van der Waals surface area contributed by atoms with Gasteiger partial charge in [0.1, 0.15) is 16.6 Å². The zero-order valence-electron chi connectivity index (χ0n) is 15.1. The van der Waals surface area contributed by atoms with Crippen molar-refractivity contribution in [3.8, 4) is 5.75 Å². The molecule has 2 bridgehead atoms. The number of hydrogen-bond donors (Lipinski definition) is 0. The largest absolute Gasteiger partial charge is 0.497 e. The van der Waals surface area contributed by atoms with E-state index in [1.165, 1.54) is 11.2 Å². The van der Waals surface area contributed by atoms with E-state index in [0.717, 1.165) is 11.3 Å². The Kier molecular flexibility index (Phi) is 4.24. The Morgan fingerprint density at radius 3 is 2.92 bits per heavy atom. The summed E-state index contributed by atoms with van der Waals surface area (Å²) in [7, 11) is -1.81. The van der Waals surface area contributed by atoms with E-state index in [2.05, 4.69) is 0 Å². The number of methoxy groups -OCH3 is 1. The summed E-state index contributed by atoms with van der Waals surface area (Å²) in [6, 6.07) is 7.66. The van der Waals surface area contributed by atoms with Gasteiger partial charge in [-0.1, -0.05) is 12.1 Å². The van der Waals surface area contributed by atoms with Crippen LogP contribution in [-0.2, 0) is 26.0 Å². The van der Waals surface area contributed by atoms with Gasteiger partial charge in [0.2, 0.25) is 15.9 Å². The summed E-state index contributed by atoms with van der Waals surface area (Å²) in [4.78, 5) is 13.5. The standard InChI is InChI=1S/C18H24N2O5S/c1-13(21)19-10-16-9-17-18(11-19,25-16)12-20(26(17,22)23)7-6-14-4-3-5-15(8-14)24-2/h3-5,8,16-17H,6-7,9-12H2,1-2H3/t16-,17+,18+/m0/s1. The molecule has 1 amide bonds. The molecule has 8 heteroatoms. The van der Waals surface area contributed by atoms with Gasteiger partial charge in [0, 0.05) is 26.6 Å². The van der Waals surface area contributed by atoms with Crippen LogP contribution in [-0.4, -0.2) is 73.8 Å². The van der Waals surface area contributed by atoms with E-state index in [9.17, 15) is 13.2 Å². The minimum atomic E-state index is -3.42. The number of fused-ring (bicyclic) bond motifs is 1. The molecule has 0 radical (unpaired) electrons. The average Bonchev–Trinajstić information content (AvgIpc) is 2.98. The first-order valence-corrected chi connectivity index (χ1v) is 10.4. The summed E-state index contributed by atoms with van der Waals surface area (Å²) in [6.07, 6.45) is 0.911. The highest BCUT2D eigenvalue weighted by atomic mass is 32.2. The van der Waals surface area contributed by atoms with Crippen molar-refractivity contribution < 1.29 is 22.7 Å². The zero-order chi connectivity index (χ0) is 18.5. The Balaban J connectivity index is 1.52. The minimum absolute atomic E-state index is 0.0226. The molecule has 0 saturated carbocycles. The number of morpholine rings is 1. The highest BCUT2D eigenvalue weighted by Gasteiger charge is 2.65. The monoisotopic (exact) mass is 380 g/mol. The van der Waals surface area contributed by atoms with Gasteiger partial charge in [-0.3, -0.25) is 4.79 Å². The van der Waals surface area contributed by atoms with Gasteiger partial charge in [-0.25, -0.2) is 8.42 Å². The third-order valence-electron chi connectivity index (χ3n) is 5.74. The molecule has 0 aliphatic carbocycles. The Bertz CT molecular complexity index is 827. The quantitative estimate of drug-likeness (QED) is 0.766. The molecular weight excluding hydrogens is 356 g/mol. The molecule has 3 atom stereocenters. The van der Waals surface area contributed by atoms with Crippen LogP contribution in [0.15, 0.2) is 24.3 Å². The molecule has 0 N–H and O–H groups in total. The number of benzene rings is 1. The van der Waals surface area contributed by atoms with Crippen molar-refractivity contribution in [3.05, 3.63) is 29.8 Å². The highest BCUT2D eigenvalue weighted by molar-refractivity contribution is 7.90. The number of rotatable bonds is 4. The second kappa shape index (κ2) is 6.21. The highest BCUT2D eigenvalue weighted by Crippen LogP contribution is 2.46. The van der Waals surface area contributed by atoms with Crippen LogP contribution in [0.3, 0.4) is 0 Å². The van der Waals surface area contributed by atoms with Crippen molar-refractivity contribution in [2.24, 2.45) is 0 Å². The van der Waals surface area contributed by atoms with E-state index in [-0.39, 0.29) is 12.0 Å². The molecule has 1 spiro atoms. The zero-order valence-corrected chi connectivity index (χ0v) is 15.9. The minimum Gasteiger partial charge on any atom is -0.497 e. The first-order chi connectivity index (χ1) is 12.3. The Labute approximate surface area is 153 Å². The predicted octanol–water partition coefficient (Wildman–Crippen LogP) is 0.642. The second-order valence-corrected chi connectivity index (χ2v) is 9.52. The lowest BCUT2D eigenvalue weighted by Crippen LogP contribution is -2.56. The molecule has 1 aromatic carbocycles. The van der Waals surface area contributed by atoms with Gasteiger partial charge >= 0.3 is 0 Å². The van der Waals surface area contributed by atoms with E-state index in [1.807, 2.05) is 24.3 Å². The maximum absolute atomic E-state index is 13.1. The van der Waals surface area contributed by atoms with Gasteiger partial charge in [0.15, 0.2) is 0 Å². The van der Waals surface area contributed by atoms with Crippen LogP contribution in [0.1, 0.15) is 18.9 Å². The van der Waals surface area contributed by atoms with Crippen molar-refractivity contribution in [3.63, 3.8) is 0 Å². The summed E-state index contributed by atoms with van der Waals surface area (Å²) in [6.45, 7) is 3.11. The normalized spacial score (nSPS) is 32.5. The second-order valence-electron chi connectivity index (χ2n) is 7.41. The van der Waals surface area contributed by atoms with Crippen LogP contribution < -0.4 is 4.74 Å². The van der Waals surface area contributed by atoms with Crippen molar-refractivity contribution in [2.45, 2.75) is 36.7 Å². The van der Waals surface area contributed by atoms with E-state index in [0.29, 0.717) is 39.0 Å². The Morgan fingerprint density at radius 1 is 1.38 bits per heavy atom. The molecule has 3 aliphatic rings. The van der Waals surface area contributed by atoms with E-state index in [4.69, 9.17) is 9.47 Å². The molecular formula is C18H24N2O5S. The number of ether oxygens (including phenoxy) is 2. The molecule has 3 heterocycles. The van der Waals surface area contributed by atoms with Crippen LogP contribution >= 0.6 is 0 Å². The van der Waals surface area contributed by atoms with Crippen LogP contribution in [0, 0.1) is 0 Å². The SMILES string of the molecule is COc1cccc(CCN2C[C@]34CN(C(C)=O)C[C@H](C[C@H]3S2(=O)=O)O4)c1. The third kappa shape index (κ3) is 2.80. The predicted molar refractivity (Wildman–Crippen MR) is 95.5 cm³/mol. The number of hydrogen-bond acceptors (Lipinski definition) is 5. The van der Waals surface area contributed by atoms with Gasteiger partial charge in [0.05, 0.1) is 19.8 Å². The molecule has 3 saturated heterocycles. The van der Waals surface area contributed by atoms with E-state index >= 15 is 0 Å². The van der Waals surface area contributed by atoms with Crippen LogP contribution in [0.2, 0.25) is 0 Å². The smallest absolute Gasteiger partial charge is 0.220 e. The van der Waals surface area contributed by atoms with Crippen molar-refractivity contribution in [2.75, 3.05) is 33.3 Å². The van der Waals surface area contributed by atoms with Gasteiger partial charge in [-0.15, -0.1) is 0 Å². The van der Waals surface area contributed by atoms with Gasteiger partial charge in [0.25, 0.3) is 0 Å². The molecule has 3 aliphatic heterocycles. The molecule has 0 unspecified atom stereocenters. The van der Waals surface area contributed by atoms with Gasteiger partial charge in [-0.2, -0.15) is 4.31 Å². The lowest BCUT2D eigenvalue weighted by atomic mass is 9.99. The fourth-order valence-electron chi connectivity index (χ4n) is 4.47. The average molecular weight is 380 g/mol. The maximum Gasteiger partial charge on any atom is 0.220 e. The number of carbonyl (C=O) groups excluding carboxylic acids is 1. The van der Waals surface area contributed by atoms with Crippen LogP contribution in [0.5, 0.6) is 5.75 Å². The van der Waals surface area contributed by atoms with Crippen LogP contribution in [0.4, 0.5) is 0 Å². The first-order valence-electron chi connectivity index (χ1n) is 8.89. The fourth-order valence-corrected chi connectivity index (χ4v) is 6.78. The summed E-state index contributed by atoms with van der Waals surface area (Å²) in [5.41, 5.74) is 0.254. The summed E-state index contributed by atoms with van der Waals surface area (Å²) >= 11 is 0. The lowest BCUT2D eigenvalue weighted by Gasteiger charge is -2.39. The summed E-state index contributed by atoms with van der Waals surface area (Å²) < 4.78 is 39.0. The molecule has 26 heavy (non-hydrogen) atoms. The Hall–Kier alpha value is -1.64. The number of amides is 1. The third-order valence-corrected chi connectivity index (χ3v) is 8.11. The van der Waals surface area contributed by atoms with Gasteiger partial charge < -0.3 is 14.4 Å². The molecule has 0 aromatic heterocycles. The molecule has 142 valence electrons. The maximum atomic E-state index is 13.1. The first kappa shape index (κ1) is 17.8. The summed E-state index contributed by atoms with van der Waals surface area (Å²) in [5, 5.41) is -0.547. The molecule has 3 fully saturated rings.